The smallest absolute Gasteiger partial charge is 0.416 e. The van der Waals surface area contributed by atoms with Crippen LogP contribution in [0.15, 0.2) is 30.6 Å². The number of aryl methyl sites for hydroxylation is 1. The molecule has 0 aliphatic heterocycles. The van der Waals surface area contributed by atoms with Crippen molar-refractivity contribution >= 4 is 22.8 Å². The molecule has 2 aromatic heterocycles. The number of halogens is 3. The van der Waals surface area contributed by atoms with E-state index in [1.54, 1.807) is 6.07 Å². The molecule has 0 saturated heterocycles. The largest absolute Gasteiger partial charge is 0.480 e. The Bertz CT molecular complexity index is 1090. The van der Waals surface area contributed by atoms with Crippen LogP contribution >= 0.6 is 0 Å². The van der Waals surface area contributed by atoms with Gasteiger partial charge in [-0.25, -0.2) is 14.8 Å². The van der Waals surface area contributed by atoms with E-state index in [1.807, 2.05) is 20.8 Å². The van der Waals surface area contributed by atoms with Crippen LogP contribution in [-0.4, -0.2) is 36.6 Å². The Morgan fingerprint density at radius 3 is 2.59 bits per heavy atom. The lowest BCUT2D eigenvalue weighted by Crippen LogP contribution is -2.31. The molecule has 10 heteroatoms. The number of alkyl halides is 3. The van der Waals surface area contributed by atoms with Crippen LogP contribution in [0.5, 0.6) is 0 Å². The van der Waals surface area contributed by atoms with Gasteiger partial charge in [-0.05, 0) is 43.4 Å². The summed E-state index contributed by atoms with van der Waals surface area (Å²) in [5, 5.41) is 12.5. The molecule has 0 saturated carbocycles. The van der Waals surface area contributed by atoms with Crippen LogP contribution in [0.4, 0.5) is 19.0 Å². The highest BCUT2D eigenvalue weighted by Gasteiger charge is 2.31. The number of carboxylic acids is 1. The van der Waals surface area contributed by atoms with Crippen LogP contribution in [0, 0.1) is 5.92 Å². The molecule has 0 spiro atoms. The van der Waals surface area contributed by atoms with Gasteiger partial charge in [-0.2, -0.15) is 18.2 Å². The number of nitrogens with zero attached hydrogens (tertiary/aromatic N) is 4. The number of fused-ring (bicyclic) bond motifs is 1. The Hall–Kier alpha value is -3.17. The zero-order chi connectivity index (χ0) is 23.5. The highest BCUT2D eigenvalue weighted by atomic mass is 19.4. The van der Waals surface area contributed by atoms with E-state index in [-0.39, 0.29) is 17.4 Å². The minimum absolute atomic E-state index is 0.136. The number of carboxylic acid groups (broad SMARTS) is 1. The van der Waals surface area contributed by atoms with Crippen molar-refractivity contribution < 1.29 is 23.1 Å². The number of hydrogen-bond donors (Lipinski definition) is 2. The van der Waals surface area contributed by atoms with Gasteiger partial charge in [0, 0.05) is 11.8 Å². The second kappa shape index (κ2) is 9.54. The summed E-state index contributed by atoms with van der Waals surface area (Å²) in [7, 11) is 0. The molecule has 7 nitrogen and oxygen atoms in total. The number of hydrogen-bond acceptors (Lipinski definition) is 5. The number of benzene rings is 1. The van der Waals surface area contributed by atoms with Gasteiger partial charge in [0.25, 0.3) is 0 Å². The van der Waals surface area contributed by atoms with Gasteiger partial charge >= 0.3 is 12.1 Å². The summed E-state index contributed by atoms with van der Waals surface area (Å²) in [5.41, 5.74) is 0.464. The average molecular weight is 449 g/mol. The molecule has 172 valence electrons. The van der Waals surface area contributed by atoms with Crippen molar-refractivity contribution in [3.8, 4) is 5.95 Å². The maximum absolute atomic E-state index is 13.2. The molecule has 3 rings (SSSR count). The highest BCUT2D eigenvalue weighted by Crippen LogP contribution is 2.31. The van der Waals surface area contributed by atoms with Gasteiger partial charge in [-0.3, -0.25) is 4.57 Å². The van der Waals surface area contributed by atoms with Gasteiger partial charge in [-0.1, -0.05) is 27.2 Å². The summed E-state index contributed by atoms with van der Waals surface area (Å²) in [6.45, 7) is 5.88. The first-order valence-corrected chi connectivity index (χ1v) is 10.5. The van der Waals surface area contributed by atoms with Crippen molar-refractivity contribution in [1.29, 1.82) is 0 Å². The van der Waals surface area contributed by atoms with Gasteiger partial charge in [0.05, 0.1) is 16.6 Å². The second-order valence-electron chi connectivity index (χ2n) is 8.13. The molecule has 2 N–H and O–H groups in total. The Morgan fingerprint density at radius 2 is 1.97 bits per heavy atom. The molecule has 0 fully saturated rings. The molecule has 1 unspecified atom stereocenters. The fourth-order valence-corrected chi connectivity index (χ4v) is 3.37. The molecule has 2 heterocycles. The number of nitrogens with one attached hydrogen (secondary N) is 1. The minimum atomic E-state index is -4.49. The summed E-state index contributed by atoms with van der Waals surface area (Å²) < 4.78 is 41.1. The van der Waals surface area contributed by atoms with Crippen LogP contribution in [-0.2, 0) is 17.4 Å². The van der Waals surface area contributed by atoms with Crippen molar-refractivity contribution in [3.63, 3.8) is 0 Å². The Kier molecular flexibility index (Phi) is 7.00. The van der Waals surface area contributed by atoms with Crippen LogP contribution < -0.4 is 5.32 Å². The molecular weight excluding hydrogens is 423 g/mol. The predicted octanol–water partition coefficient (Wildman–Crippen LogP) is 5.09. The summed E-state index contributed by atoms with van der Waals surface area (Å²) in [5.74, 6) is -0.417. The molecule has 0 radical (unpaired) electrons. The average Bonchev–Trinajstić information content (AvgIpc) is 3.14. The molecule has 0 aliphatic rings. The second-order valence-corrected chi connectivity index (χ2v) is 8.13. The number of carbonyl (C=O) groups is 1. The lowest BCUT2D eigenvalue weighted by atomic mass is 10.0. The van der Waals surface area contributed by atoms with E-state index in [0.717, 1.165) is 25.0 Å². The molecule has 32 heavy (non-hydrogen) atoms. The SMILES string of the molecule is CCCCc1cc(NC(CC(C)C)C(=O)O)nc(-n2cnc3ccc(C(F)(F)F)cc32)n1. The Morgan fingerprint density at radius 1 is 1.22 bits per heavy atom. The molecule has 3 aromatic rings. The third-order valence-electron chi connectivity index (χ3n) is 4.97. The van der Waals surface area contributed by atoms with Crippen molar-refractivity contribution in [2.24, 2.45) is 5.92 Å². The Balaban J connectivity index is 2.07. The number of unbranched alkanes of at least 4 members (excludes halogenated alkanes) is 1. The molecule has 0 aliphatic carbocycles. The van der Waals surface area contributed by atoms with E-state index in [1.165, 1.54) is 17.0 Å². The van der Waals surface area contributed by atoms with E-state index in [9.17, 15) is 23.1 Å². The van der Waals surface area contributed by atoms with E-state index in [4.69, 9.17) is 0 Å². The van der Waals surface area contributed by atoms with Crippen molar-refractivity contribution in [1.82, 2.24) is 19.5 Å². The van der Waals surface area contributed by atoms with E-state index in [2.05, 4.69) is 20.3 Å². The Labute approximate surface area is 183 Å². The number of anilines is 1. The summed E-state index contributed by atoms with van der Waals surface area (Å²) in [6, 6.07) is 4.13. The number of aromatic nitrogens is 4. The number of aliphatic carboxylic acids is 1. The van der Waals surface area contributed by atoms with Gasteiger partial charge in [0.15, 0.2) is 0 Å². The molecule has 1 atom stereocenters. The first-order valence-electron chi connectivity index (χ1n) is 10.5. The summed E-state index contributed by atoms with van der Waals surface area (Å²) in [6.07, 6.45) is -0.323. The number of imidazole rings is 1. The first-order chi connectivity index (χ1) is 15.1. The molecule has 0 bridgehead atoms. The first kappa shape index (κ1) is 23.5. The fourth-order valence-electron chi connectivity index (χ4n) is 3.37. The molecule has 1 aromatic carbocycles. The standard InChI is InChI=1S/C22H26F3N5O2/c1-4-5-6-15-11-19(28-17(20(31)32)9-13(2)3)29-21(27-15)30-12-26-16-8-7-14(10-18(16)30)22(23,24)25/h7-8,10-13,17H,4-6,9H2,1-3H3,(H,31,32)(H,27,28,29). The normalized spacial score (nSPS) is 13.0. The quantitative estimate of drug-likeness (QED) is 0.473. The van der Waals surface area contributed by atoms with Gasteiger partial charge in [0.2, 0.25) is 5.95 Å². The van der Waals surface area contributed by atoms with Gasteiger partial charge < -0.3 is 10.4 Å². The lowest BCUT2D eigenvalue weighted by molar-refractivity contribution is -0.138. The fraction of sp³-hybridized carbons (Fsp3) is 0.455. The van der Waals surface area contributed by atoms with E-state index >= 15 is 0 Å². The predicted molar refractivity (Wildman–Crippen MR) is 115 cm³/mol. The third kappa shape index (κ3) is 5.54. The van der Waals surface area contributed by atoms with Crippen molar-refractivity contribution in [3.05, 3.63) is 41.9 Å². The van der Waals surface area contributed by atoms with Crippen molar-refractivity contribution in [2.75, 3.05) is 5.32 Å². The maximum Gasteiger partial charge on any atom is 0.416 e. The van der Waals surface area contributed by atoms with Crippen LogP contribution in [0.1, 0.15) is 51.3 Å². The highest BCUT2D eigenvalue weighted by molar-refractivity contribution is 5.78. The van der Waals surface area contributed by atoms with Crippen LogP contribution in [0.25, 0.3) is 17.0 Å². The van der Waals surface area contributed by atoms with Gasteiger partial charge in [0.1, 0.15) is 18.2 Å². The monoisotopic (exact) mass is 449 g/mol. The third-order valence-corrected chi connectivity index (χ3v) is 4.97. The van der Waals surface area contributed by atoms with E-state index < -0.39 is 23.8 Å². The lowest BCUT2D eigenvalue weighted by Gasteiger charge is -2.18. The van der Waals surface area contributed by atoms with Crippen molar-refractivity contribution in [2.45, 2.75) is 58.7 Å². The van der Waals surface area contributed by atoms with Crippen LogP contribution in [0.2, 0.25) is 0 Å². The topological polar surface area (TPSA) is 92.9 Å². The zero-order valence-corrected chi connectivity index (χ0v) is 18.1. The zero-order valence-electron chi connectivity index (χ0n) is 18.1. The minimum Gasteiger partial charge on any atom is -0.480 e. The summed E-state index contributed by atoms with van der Waals surface area (Å²) in [4.78, 5) is 24.8. The summed E-state index contributed by atoms with van der Waals surface area (Å²) >= 11 is 0. The molecule has 0 amide bonds. The van der Waals surface area contributed by atoms with Crippen LogP contribution in [0.3, 0.4) is 0 Å². The van der Waals surface area contributed by atoms with Gasteiger partial charge in [-0.15, -0.1) is 0 Å². The molecular formula is C22H26F3N5O2. The number of rotatable bonds is 9. The van der Waals surface area contributed by atoms with E-state index in [0.29, 0.717) is 29.9 Å². The maximum atomic E-state index is 13.2.